The molecular formula is C11H21N3OS. The van der Waals surface area contributed by atoms with Gasteiger partial charge < -0.3 is 10.6 Å². The standard InChI is InChI=1S/C11H21N3OS/c1-5-11(6-2,16-10(12)13)8-7-9(15)14(3)4/h7-8H,5-6H2,1-4H3,(H3,12,13)/b8-7+. The smallest absolute Gasteiger partial charge is 0.245 e. The van der Waals surface area contributed by atoms with Crippen LogP contribution in [0.25, 0.3) is 0 Å². The van der Waals surface area contributed by atoms with Crippen molar-refractivity contribution >= 4 is 22.8 Å². The number of carbonyl (C=O) groups excluding carboxylic acids is 1. The maximum absolute atomic E-state index is 11.5. The summed E-state index contributed by atoms with van der Waals surface area (Å²) >= 11 is 1.30. The molecule has 0 bridgehead atoms. The summed E-state index contributed by atoms with van der Waals surface area (Å²) in [5.74, 6) is -0.0459. The number of nitrogens with two attached hydrogens (primary N) is 1. The third-order valence-corrected chi connectivity index (χ3v) is 3.82. The summed E-state index contributed by atoms with van der Waals surface area (Å²) in [5, 5.41) is 7.43. The van der Waals surface area contributed by atoms with Crippen LogP contribution in [0.3, 0.4) is 0 Å². The van der Waals surface area contributed by atoms with Crippen LogP contribution in [0.1, 0.15) is 26.7 Å². The van der Waals surface area contributed by atoms with Crippen LogP contribution in [0.5, 0.6) is 0 Å². The van der Waals surface area contributed by atoms with E-state index in [2.05, 4.69) is 0 Å². The highest BCUT2D eigenvalue weighted by atomic mass is 32.2. The topological polar surface area (TPSA) is 70.2 Å². The number of nitrogens with zero attached hydrogens (tertiary/aromatic N) is 1. The summed E-state index contributed by atoms with van der Waals surface area (Å²) in [6.45, 7) is 4.06. The van der Waals surface area contributed by atoms with Crippen molar-refractivity contribution in [1.82, 2.24) is 4.90 Å². The lowest BCUT2D eigenvalue weighted by Gasteiger charge is -2.26. The minimum absolute atomic E-state index is 0.0459. The Balaban J connectivity index is 4.79. The highest BCUT2D eigenvalue weighted by molar-refractivity contribution is 8.15. The van der Waals surface area contributed by atoms with Crippen LogP contribution in [0.4, 0.5) is 0 Å². The van der Waals surface area contributed by atoms with E-state index >= 15 is 0 Å². The summed E-state index contributed by atoms with van der Waals surface area (Å²) in [6.07, 6.45) is 5.10. The fourth-order valence-electron chi connectivity index (χ4n) is 1.26. The van der Waals surface area contributed by atoms with Crippen molar-refractivity contribution in [3.63, 3.8) is 0 Å². The van der Waals surface area contributed by atoms with Gasteiger partial charge in [-0.1, -0.05) is 31.7 Å². The van der Waals surface area contributed by atoms with Gasteiger partial charge in [-0.3, -0.25) is 10.2 Å². The Hall–Kier alpha value is -0.970. The first-order chi connectivity index (χ1) is 7.37. The number of thioether (sulfide) groups is 1. The monoisotopic (exact) mass is 243 g/mol. The van der Waals surface area contributed by atoms with Gasteiger partial charge in [0.05, 0.1) is 0 Å². The Bertz CT molecular complexity index is 283. The SMILES string of the molecule is CCC(/C=C/C(=O)N(C)C)(CC)SC(=N)N. The van der Waals surface area contributed by atoms with Gasteiger partial charge in [0.25, 0.3) is 0 Å². The molecule has 0 rings (SSSR count). The highest BCUT2D eigenvalue weighted by Gasteiger charge is 2.25. The largest absolute Gasteiger partial charge is 0.379 e. The normalized spacial score (nSPS) is 11.8. The van der Waals surface area contributed by atoms with Crippen LogP contribution in [0, 0.1) is 5.41 Å². The van der Waals surface area contributed by atoms with E-state index in [0.717, 1.165) is 12.8 Å². The molecule has 0 atom stereocenters. The lowest BCUT2D eigenvalue weighted by molar-refractivity contribution is -0.123. The molecule has 1 amide bonds. The van der Waals surface area contributed by atoms with Gasteiger partial charge in [0.2, 0.25) is 5.91 Å². The van der Waals surface area contributed by atoms with Gasteiger partial charge in [-0.25, -0.2) is 0 Å². The zero-order valence-corrected chi connectivity index (χ0v) is 11.2. The third kappa shape index (κ3) is 4.70. The number of nitrogens with one attached hydrogen (secondary N) is 1. The van der Waals surface area contributed by atoms with Gasteiger partial charge in [0.15, 0.2) is 5.17 Å². The number of hydrogen-bond donors (Lipinski definition) is 2. The van der Waals surface area contributed by atoms with Gasteiger partial charge in [0.1, 0.15) is 0 Å². The Morgan fingerprint density at radius 3 is 2.25 bits per heavy atom. The van der Waals surface area contributed by atoms with Crippen molar-refractivity contribution in [2.24, 2.45) is 5.73 Å². The molecule has 92 valence electrons. The molecule has 0 spiro atoms. The summed E-state index contributed by atoms with van der Waals surface area (Å²) < 4.78 is -0.239. The zero-order valence-electron chi connectivity index (χ0n) is 10.4. The third-order valence-electron chi connectivity index (χ3n) is 2.48. The lowest BCUT2D eigenvalue weighted by Crippen LogP contribution is -2.26. The highest BCUT2D eigenvalue weighted by Crippen LogP contribution is 2.33. The van der Waals surface area contributed by atoms with E-state index in [0.29, 0.717) is 0 Å². The first kappa shape index (κ1) is 15.0. The molecule has 0 aromatic rings. The average molecular weight is 243 g/mol. The average Bonchev–Trinajstić information content (AvgIpc) is 2.23. The van der Waals surface area contributed by atoms with Crippen molar-refractivity contribution < 1.29 is 4.79 Å². The van der Waals surface area contributed by atoms with Crippen molar-refractivity contribution in [1.29, 1.82) is 5.41 Å². The van der Waals surface area contributed by atoms with Crippen LogP contribution >= 0.6 is 11.8 Å². The number of amides is 1. The van der Waals surface area contributed by atoms with E-state index in [1.54, 1.807) is 20.2 Å². The second kappa shape index (κ2) is 6.58. The molecule has 0 radical (unpaired) electrons. The van der Waals surface area contributed by atoms with E-state index < -0.39 is 0 Å². The molecule has 0 aromatic carbocycles. The fourth-order valence-corrected chi connectivity index (χ4v) is 2.12. The van der Waals surface area contributed by atoms with Crippen LogP contribution in [-0.4, -0.2) is 34.8 Å². The summed E-state index contributed by atoms with van der Waals surface area (Å²) in [5.41, 5.74) is 5.41. The van der Waals surface area contributed by atoms with Gasteiger partial charge in [0, 0.05) is 24.9 Å². The summed E-state index contributed by atoms with van der Waals surface area (Å²) in [7, 11) is 3.43. The summed E-state index contributed by atoms with van der Waals surface area (Å²) in [6, 6.07) is 0. The molecule has 3 N–H and O–H groups in total. The van der Waals surface area contributed by atoms with E-state index in [9.17, 15) is 4.79 Å². The van der Waals surface area contributed by atoms with E-state index in [1.165, 1.54) is 16.7 Å². The number of rotatable bonds is 5. The van der Waals surface area contributed by atoms with Crippen molar-refractivity contribution in [3.05, 3.63) is 12.2 Å². The Morgan fingerprint density at radius 1 is 1.44 bits per heavy atom. The Morgan fingerprint density at radius 2 is 1.94 bits per heavy atom. The first-order valence-electron chi connectivity index (χ1n) is 5.30. The van der Waals surface area contributed by atoms with Crippen molar-refractivity contribution in [2.75, 3.05) is 14.1 Å². The second-order valence-electron chi connectivity index (χ2n) is 3.80. The number of amidine groups is 1. The lowest BCUT2D eigenvalue weighted by atomic mass is 10.0. The van der Waals surface area contributed by atoms with Gasteiger partial charge in [-0.15, -0.1) is 0 Å². The van der Waals surface area contributed by atoms with Crippen LogP contribution in [0.2, 0.25) is 0 Å². The Labute approximate surface area is 102 Å². The van der Waals surface area contributed by atoms with E-state index in [1.807, 2.05) is 19.9 Å². The van der Waals surface area contributed by atoms with Crippen LogP contribution in [-0.2, 0) is 4.79 Å². The number of likely N-dealkylation sites (N-methyl/N-ethyl adjacent to an activating group) is 1. The molecule has 5 heteroatoms. The van der Waals surface area contributed by atoms with Gasteiger partial charge >= 0.3 is 0 Å². The predicted molar refractivity (Wildman–Crippen MR) is 70.7 cm³/mol. The fraction of sp³-hybridized carbons (Fsp3) is 0.636. The molecule has 0 saturated carbocycles. The molecule has 0 saturated heterocycles. The van der Waals surface area contributed by atoms with Crippen molar-refractivity contribution in [3.8, 4) is 0 Å². The first-order valence-corrected chi connectivity index (χ1v) is 6.12. The molecule has 0 aliphatic heterocycles. The molecule has 16 heavy (non-hydrogen) atoms. The summed E-state index contributed by atoms with van der Waals surface area (Å²) in [4.78, 5) is 13.0. The predicted octanol–water partition coefficient (Wildman–Crippen LogP) is 1.82. The minimum atomic E-state index is -0.239. The molecule has 0 aromatic heterocycles. The number of hydrogen-bond acceptors (Lipinski definition) is 3. The molecular weight excluding hydrogens is 222 g/mol. The molecule has 0 unspecified atom stereocenters. The van der Waals surface area contributed by atoms with Crippen LogP contribution in [0.15, 0.2) is 12.2 Å². The van der Waals surface area contributed by atoms with E-state index in [4.69, 9.17) is 11.1 Å². The van der Waals surface area contributed by atoms with Gasteiger partial charge in [-0.2, -0.15) is 0 Å². The molecule has 0 heterocycles. The van der Waals surface area contributed by atoms with Crippen LogP contribution < -0.4 is 5.73 Å². The molecule has 0 aliphatic rings. The number of carbonyl (C=O) groups is 1. The zero-order chi connectivity index (χ0) is 12.8. The Kier molecular flexibility index (Phi) is 6.18. The molecule has 0 fully saturated rings. The molecule has 0 aliphatic carbocycles. The maximum Gasteiger partial charge on any atom is 0.245 e. The molecule has 4 nitrogen and oxygen atoms in total. The maximum atomic E-state index is 11.5. The minimum Gasteiger partial charge on any atom is -0.379 e. The second-order valence-corrected chi connectivity index (χ2v) is 5.26. The van der Waals surface area contributed by atoms with Gasteiger partial charge in [-0.05, 0) is 12.8 Å². The van der Waals surface area contributed by atoms with Crippen molar-refractivity contribution in [2.45, 2.75) is 31.4 Å². The quantitative estimate of drug-likeness (QED) is 0.439. The van der Waals surface area contributed by atoms with E-state index in [-0.39, 0.29) is 15.8 Å².